The van der Waals surface area contributed by atoms with Gasteiger partial charge in [-0.2, -0.15) is 0 Å². The van der Waals surface area contributed by atoms with Crippen LogP contribution < -0.4 is 10.6 Å². The fraction of sp³-hybridized carbons (Fsp3) is 0.278. The molecule has 0 aliphatic heterocycles. The van der Waals surface area contributed by atoms with Crippen molar-refractivity contribution in [1.82, 2.24) is 0 Å². The molecular weight excluding hydrogens is 260 g/mol. The first-order chi connectivity index (χ1) is 10.1. The van der Waals surface area contributed by atoms with Gasteiger partial charge in [-0.25, -0.2) is 0 Å². The van der Waals surface area contributed by atoms with Crippen molar-refractivity contribution < 1.29 is 4.79 Å². The van der Waals surface area contributed by atoms with Crippen LogP contribution in [0.3, 0.4) is 0 Å². The average molecular weight is 282 g/mol. The number of hydrogen-bond acceptors (Lipinski definition) is 2. The molecule has 0 saturated heterocycles. The van der Waals surface area contributed by atoms with Crippen molar-refractivity contribution >= 4 is 17.3 Å². The minimum atomic E-state index is -0.293. The summed E-state index contributed by atoms with van der Waals surface area (Å²) < 4.78 is 0. The van der Waals surface area contributed by atoms with Gasteiger partial charge in [0.05, 0.1) is 0 Å². The summed E-state index contributed by atoms with van der Waals surface area (Å²) in [5.74, 6) is -0.0410. The van der Waals surface area contributed by atoms with E-state index < -0.39 is 0 Å². The lowest BCUT2D eigenvalue weighted by atomic mass is 10.1. The number of benzene rings is 2. The highest BCUT2D eigenvalue weighted by molar-refractivity contribution is 5.96. The van der Waals surface area contributed by atoms with Gasteiger partial charge in [0.15, 0.2) is 0 Å². The summed E-state index contributed by atoms with van der Waals surface area (Å²) in [6, 6.07) is 15.7. The van der Waals surface area contributed by atoms with Gasteiger partial charge in [-0.1, -0.05) is 36.8 Å². The van der Waals surface area contributed by atoms with Gasteiger partial charge in [0, 0.05) is 11.4 Å². The van der Waals surface area contributed by atoms with Crippen molar-refractivity contribution in [2.24, 2.45) is 0 Å². The van der Waals surface area contributed by atoms with Gasteiger partial charge in [-0.3, -0.25) is 4.79 Å². The molecule has 0 fully saturated rings. The molecule has 3 nitrogen and oxygen atoms in total. The zero-order valence-corrected chi connectivity index (χ0v) is 12.8. The molecule has 21 heavy (non-hydrogen) atoms. The van der Waals surface area contributed by atoms with Crippen LogP contribution in [0.2, 0.25) is 0 Å². The number of rotatable bonds is 5. The molecule has 0 radical (unpaired) electrons. The minimum Gasteiger partial charge on any atom is -0.374 e. The molecule has 110 valence electrons. The second-order valence-corrected chi connectivity index (χ2v) is 5.28. The van der Waals surface area contributed by atoms with Crippen LogP contribution >= 0.6 is 0 Å². The van der Waals surface area contributed by atoms with Crippen LogP contribution in [0.5, 0.6) is 0 Å². The lowest BCUT2D eigenvalue weighted by molar-refractivity contribution is -0.116. The smallest absolute Gasteiger partial charge is 0.246 e. The Morgan fingerprint density at radius 1 is 1.10 bits per heavy atom. The zero-order chi connectivity index (χ0) is 15.2. The van der Waals surface area contributed by atoms with E-state index in [-0.39, 0.29) is 11.9 Å². The predicted octanol–water partition coefficient (Wildman–Crippen LogP) is 4.00. The molecular formula is C18H22N2O. The summed E-state index contributed by atoms with van der Waals surface area (Å²) in [6.45, 7) is 6.01. The van der Waals surface area contributed by atoms with Crippen molar-refractivity contribution in [1.29, 1.82) is 0 Å². The van der Waals surface area contributed by atoms with Gasteiger partial charge in [-0.15, -0.1) is 0 Å². The highest BCUT2D eigenvalue weighted by Gasteiger charge is 2.12. The Bertz CT molecular complexity index is 605. The maximum Gasteiger partial charge on any atom is 0.246 e. The SMILES string of the molecule is CCc1cccc(NC(C)C(=O)Nc2ccc(C)cc2)c1. The summed E-state index contributed by atoms with van der Waals surface area (Å²) in [6.07, 6.45) is 0.986. The first-order valence-electron chi connectivity index (χ1n) is 7.31. The van der Waals surface area contributed by atoms with Crippen LogP contribution in [-0.4, -0.2) is 11.9 Å². The number of aryl methyl sites for hydroxylation is 2. The van der Waals surface area contributed by atoms with Gasteiger partial charge in [0.1, 0.15) is 6.04 Å². The Hall–Kier alpha value is -2.29. The second kappa shape index (κ2) is 6.93. The average Bonchev–Trinajstić information content (AvgIpc) is 2.49. The molecule has 2 N–H and O–H groups in total. The van der Waals surface area contributed by atoms with Crippen LogP contribution in [0.25, 0.3) is 0 Å². The van der Waals surface area contributed by atoms with Crippen LogP contribution in [-0.2, 0) is 11.2 Å². The van der Waals surface area contributed by atoms with Crippen LogP contribution in [0.4, 0.5) is 11.4 Å². The number of hydrogen-bond donors (Lipinski definition) is 2. The van der Waals surface area contributed by atoms with Gasteiger partial charge >= 0.3 is 0 Å². The van der Waals surface area contributed by atoms with Crippen LogP contribution in [0.15, 0.2) is 48.5 Å². The highest BCUT2D eigenvalue weighted by Crippen LogP contribution is 2.14. The number of carbonyl (C=O) groups is 1. The Morgan fingerprint density at radius 3 is 2.48 bits per heavy atom. The Labute approximate surface area is 126 Å². The molecule has 1 atom stereocenters. The van der Waals surface area contributed by atoms with E-state index in [0.29, 0.717) is 0 Å². The molecule has 0 bridgehead atoms. The third kappa shape index (κ3) is 4.35. The third-order valence-electron chi connectivity index (χ3n) is 3.43. The summed E-state index contributed by atoms with van der Waals surface area (Å²) in [5, 5.41) is 6.15. The Morgan fingerprint density at radius 2 is 1.81 bits per heavy atom. The van der Waals surface area contributed by atoms with E-state index in [4.69, 9.17) is 0 Å². The van der Waals surface area contributed by atoms with Gasteiger partial charge < -0.3 is 10.6 Å². The molecule has 2 aromatic carbocycles. The lowest BCUT2D eigenvalue weighted by Crippen LogP contribution is -2.31. The van der Waals surface area contributed by atoms with Crippen LogP contribution in [0, 0.1) is 6.92 Å². The third-order valence-corrected chi connectivity index (χ3v) is 3.43. The molecule has 0 spiro atoms. The summed E-state index contributed by atoms with van der Waals surface area (Å²) in [4.78, 5) is 12.2. The number of anilines is 2. The van der Waals surface area contributed by atoms with Crippen molar-refractivity contribution in [3.8, 4) is 0 Å². The number of nitrogens with one attached hydrogen (secondary N) is 2. The van der Waals surface area contributed by atoms with Gasteiger partial charge in [-0.05, 0) is 50.1 Å². The quantitative estimate of drug-likeness (QED) is 0.870. The molecule has 0 aliphatic carbocycles. The van der Waals surface area contributed by atoms with Crippen molar-refractivity contribution in [3.63, 3.8) is 0 Å². The maximum absolute atomic E-state index is 12.2. The van der Waals surface area contributed by atoms with Crippen molar-refractivity contribution in [2.45, 2.75) is 33.2 Å². The molecule has 0 aromatic heterocycles. The fourth-order valence-corrected chi connectivity index (χ4v) is 2.08. The topological polar surface area (TPSA) is 41.1 Å². The van der Waals surface area contributed by atoms with Gasteiger partial charge in [0.25, 0.3) is 0 Å². The van der Waals surface area contributed by atoms with E-state index in [2.05, 4.69) is 29.7 Å². The standard InChI is InChI=1S/C18H22N2O/c1-4-15-6-5-7-17(12-15)19-14(3)18(21)20-16-10-8-13(2)9-11-16/h5-12,14,19H,4H2,1-3H3,(H,20,21). The number of amides is 1. The fourth-order valence-electron chi connectivity index (χ4n) is 2.08. The van der Waals surface area contributed by atoms with Gasteiger partial charge in [0.2, 0.25) is 5.91 Å². The van der Waals surface area contributed by atoms with E-state index in [9.17, 15) is 4.79 Å². The molecule has 1 unspecified atom stereocenters. The molecule has 2 aromatic rings. The van der Waals surface area contributed by atoms with Crippen LogP contribution in [0.1, 0.15) is 25.0 Å². The van der Waals surface area contributed by atoms with Crippen molar-refractivity contribution in [3.05, 3.63) is 59.7 Å². The molecule has 0 aliphatic rings. The Kier molecular flexibility index (Phi) is 4.99. The monoisotopic (exact) mass is 282 g/mol. The molecule has 1 amide bonds. The largest absolute Gasteiger partial charge is 0.374 e. The normalized spacial score (nSPS) is 11.8. The van der Waals surface area contributed by atoms with E-state index >= 15 is 0 Å². The van der Waals surface area contributed by atoms with E-state index in [1.807, 2.05) is 50.2 Å². The molecule has 2 rings (SSSR count). The lowest BCUT2D eigenvalue weighted by Gasteiger charge is -2.16. The minimum absolute atomic E-state index is 0.0410. The van der Waals surface area contributed by atoms with E-state index in [1.54, 1.807) is 0 Å². The second-order valence-electron chi connectivity index (χ2n) is 5.28. The maximum atomic E-state index is 12.2. The van der Waals surface area contributed by atoms with Crippen molar-refractivity contribution in [2.75, 3.05) is 10.6 Å². The summed E-state index contributed by atoms with van der Waals surface area (Å²) >= 11 is 0. The van der Waals surface area contributed by atoms with E-state index in [0.717, 1.165) is 17.8 Å². The zero-order valence-electron chi connectivity index (χ0n) is 12.8. The Balaban J connectivity index is 1.97. The molecule has 3 heteroatoms. The summed E-state index contributed by atoms with van der Waals surface area (Å²) in [7, 11) is 0. The van der Waals surface area contributed by atoms with E-state index in [1.165, 1.54) is 11.1 Å². The molecule has 0 saturated carbocycles. The highest BCUT2D eigenvalue weighted by atomic mass is 16.2. The predicted molar refractivity (Wildman–Crippen MR) is 88.7 cm³/mol. The summed E-state index contributed by atoms with van der Waals surface area (Å²) in [5.41, 5.74) is 4.23. The molecule has 0 heterocycles. The first kappa shape index (κ1) is 15.1. The number of carbonyl (C=O) groups excluding carboxylic acids is 1. The first-order valence-corrected chi connectivity index (χ1v) is 7.31.